The maximum Gasteiger partial charge on any atom is 0.234 e. The zero-order chi connectivity index (χ0) is 13.4. The summed E-state index contributed by atoms with van der Waals surface area (Å²) in [4.78, 5) is 11.7. The van der Waals surface area contributed by atoms with Crippen molar-refractivity contribution >= 4 is 5.91 Å². The zero-order valence-corrected chi connectivity index (χ0v) is 12.3. The second kappa shape index (κ2) is 8.52. The van der Waals surface area contributed by atoms with Gasteiger partial charge in [0.05, 0.1) is 6.54 Å². The van der Waals surface area contributed by atoms with E-state index < -0.39 is 0 Å². The third-order valence-electron chi connectivity index (χ3n) is 4.11. The summed E-state index contributed by atoms with van der Waals surface area (Å²) in [6, 6.07) is 0.342. The summed E-state index contributed by atoms with van der Waals surface area (Å²) < 4.78 is 0. The molecule has 0 spiro atoms. The van der Waals surface area contributed by atoms with Crippen molar-refractivity contribution < 1.29 is 4.79 Å². The van der Waals surface area contributed by atoms with Gasteiger partial charge in [0.1, 0.15) is 0 Å². The summed E-state index contributed by atoms with van der Waals surface area (Å²) in [6.45, 7) is 8.05. The predicted octanol–water partition coefficient (Wildman–Crippen LogP) is 2.71. The number of carbonyl (C=O) groups excluding carboxylic acids is 1. The van der Waals surface area contributed by atoms with Gasteiger partial charge in [-0.05, 0) is 44.1 Å². The van der Waals surface area contributed by atoms with Crippen LogP contribution in [0.15, 0.2) is 0 Å². The Balaban J connectivity index is 2.11. The van der Waals surface area contributed by atoms with E-state index in [2.05, 4.69) is 31.4 Å². The first-order chi connectivity index (χ1) is 8.65. The van der Waals surface area contributed by atoms with E-state index in [0.717, 1.165) is 31.2 Å². The van der Waals surface area contributed by atoms with Crippen LogP contribution in [0.1, 0.15) is 59.3 Å². The Morgan fingerprint density at radius 2 is 2.00 bits per heavy atom. The number of hydrogen-bond donors (Lipinski definition) is 2. The molecule has 1 aliphatic carbocycles. The minimum Gasteiger partial charge on any atom is -0.352 e. The van der Waals surface area contributed by atoms with Crippen LogP contribution in [0.3, 0.4) is 0 Å². The number of amides is 1. The summed E-state index contributed by atoms with van der Waals surface area (Å²) in [5, 5.41) is 6.38. The molecule has 0 heterocycles. The molecule has 1 rings (SSSR count). The first-order valence-corrected chi connectivity index (χ1v) is 7.65. The molecule has 1 aliphatic rings. The van der Waals surface area contributed by atoms with E-state index in [1.807, 2.05) is 0 Å². The van der Waals surface area contributed by atoms with E-state index in [0.29, 0.717) is 12.6 Å². The van der Waals surface area contributed by atoms with Crippen molar-refractivity contribution in [1.82, 2.24) is 10.6 Å². The summed E-state index contributed by atoms with van der Waals surface area (Å²) in [5.74, 6) is 1.78. The first-order valence-electron chi connectivity index (χ1n) is 7.65. The average molecular weight is 254 g/mol. The molecule has 0 bridgehead atoms. The number of carbonyl (C=O) groups is 1. The van der Waals surface area contributed by atoms with E-state index in [1.54, 1.807) is 0 Å². The number of hydrogen-bond acceptors (Lipinski definition) is 2. The Morgan fingerprint density at radius 3 is 2.61 bits per heavy atom. The Bertz CT molecular complexity index is 239. The normalized spacial score (nSPS) is 24.2. The van der Waals surface area contributed by atoms with E-state index in [1.165, 1.54) is 25.7 Å². The minimum absolute atomic E-state index is 0.146. The highest BCUT2D eigenvalue weighted by molar-refractivity contribution is 5.78. The summed E-state index contributed by atoms with van der Waals surface area (Å²) >= 11 is 0. The van der Waals surface area contributed by atoms with Gasteiger partial charge in [-0.2, -0.15) is 0 Å². The van der Waals surface area contributed by atoms with Crippen LogP contribution in [0.4, 0.5) is 0 Å². The Kier molecular flexibility index (Phi) is 7.33. The predicted molar refractivity (Wildman–Crippen MR) is 76.5 cm³/mol. The lowest BCUT2D eigenvalue weighted by atomic mass is 9.82. The second-order valence-electron chi connectivity index (χ2n) is 5.85. The van der Waals surface area contributed by atoms with Crippen molar-refractivity contribution in [1.29, 1.82) is 0 Å². The van der Waals surface area contributed by atoms with Gasteiger partial charge in [0, 0.05) is 6.04 Å². The molecule has 1 fully saturated rings. The zero-order valence-electron chi connectivity index (χ0n) is 12.3. The van der Waals surface area contributed by atoms with Crippen molar-refractivity contribution in [3.63, 3.8) is 0 Å². The molecule has 2 N–H and O–H groups in total. The highest BCUT2D eigenvalue weighted by atomic mass is 16.1. The maximum absolute atomic E-state index is 11.7. The van der Waals surface area contributed by atoms with Gasteiger partial charge in [0.15, 0.2) is 0 Å². The number of rotatable bonds is 7. The van der Waals surface area contributed by atoms with Crippen LogP contribution in [0.25, 0.3) is 0 Å². The van der Waals surface area contributed by atoms with Crippen LogP contribution in [-0.4, -0.2) is 25.0 Å². The molecule has 0 aliphatic heterocycles. The standard InChI is InChI=1S/C15H30N2O/c1-4-14(5-2)17-15(18)11-16-10-13-8-6-7-12(3)9-13/h12-14,16H,4-11H2,1-3H3,(H,17,18). The van der Waals surface area contributed by atoms with Crippen LogP contribution in [0.2, 0.25) is 0 Å². The Hall–Kier alpha value is -0.570. The van der Waals surface area contributed by atoms with Gasteiger partial charge in [-0.15, -0.1) is 0 Å². The lowest BCUT2D eigenvalue weighted by Crippen LogP contribution is -2.41. The van der Waals surface area contributed by atoms with Gasteiger partial charge >= 0.3 is 0 Å². The van der Waals surface area contributed by atoms with Gasteiger partial charge in [-0.1, -0.05) is 33.6 Å². The van der Waals surface area contributed by atoms with Crippen molar-refractivity contribution in [2.75, 3.05) is 13.1 Å². The lowest BCUT2D eigenvalue weighted by molar-refractivity contribution is -0.121. The average Bonchev–Trinajstić information content (AvgIpc) is 2.36. The summed E-state index contributed by atoms with van der Waals surface area (Å²) in [5.41, 5.74) is 0. The van der Waals surface area contributed by atoms with E-state index in [4.69, 9.17) is 0 Å². The molecule has 18 heavy (non-hydrogen) atoms. The molecule has 0 aromatic heterocycles. The highest BCUT2D eigenvalue weighted by Crippen LogP contribution is 2.27. The molecule has 3 heteroatoms. The molecule has 106 valence electrons. The quantitative estimate of drug-likeness (QED) is 0.733. The molecule has 0 radical (unpaired) electrons. The molecule has 0 aromatic rings. The smallest absolute Gasteiger partial charge is 0.234 e. The van der Waals surface area contributed by atoms with Crippen molar-refractivity contribution in [2.45, 2.75) is 65.3 Å². The number of nitrogens with one attached hydrogen (secondary N) is 2. The third-order valence-corrected chi connectivity index (χ3v) is 4.11. The van der Waals surface area contributed by atoms with E-state index in [-0.39, 0.29) is 5.91 Å². The van der Waals surface area contributed by atoms with E-state index in [9.17, 15) is 4.79 Å². The van der Waals surface area contributed by atoms with Crippen LogP contribution in [-0.2, 0) is 4.79 Å². The molecular formula is C15H30N2O. The topological polar surface area (TPSA) is 41.1 Å². The van der Waals surface area contributed by atoms with Crippen molar-refractivity contribution in [2.24, 2.45) is 11.8 Å². The molecule has 3 nitrogen and oxygen atoms in total. The Morgan fingerprint density at radius 1 is 1.28 bits per heavy atom. The van der Waals surface area contributed by atoms with Gasteiger partial charge in [-0.25, -0.2) is 0 Å². The molecule has 1 saturated carbocycles. The molecule has 0 saturated heterocycles. The fraction of sp³-hybridized carbons (Fsp3) is 0.933. The van der Waals surface area contributed by atoms with Crippen LogP contribution < -0.4 is 10.6 Å². The third kappa shape index (κ3) is 5.85. The minimum atomic E-state index is 0.146. The lowest BCUT2D eigenvalue weighted by Gasteiger charge is -2.26. The van der Waals surface area contributed by atoms with Crippen LogP contribution in [0.5, 0.6) is 0 Å². The van der Waals surface area contributed by atoms with Gasteiger partial charge in [0.25, 0.3) is 0 Å². The van der Waals surface area contributed by atoms with E-state index >= 15 is 0 Å². The van der Waals surface area contributed by atoms with Gasteiger partial charge in [-0.3, -0.25) is 4.79 Å². The monoisotopic (exact) mass is 254 g/mol. The molecule has 2 atom stereocenters. The van der Waals surface area contributed by atoms with Crippen molar-refractivity contribution in [3.05, 3.63) is 0 Å². The molecule has 2 unspecified atom stereocenters. The molecule has 0 aromatic carbocycles. The maximum atomic E-state index is 11.7. The summed E-state index contributed by atoms with van der Waals surface area (Å²) in [6.07, 6.45) is 7.41. The largest absolute Gasteiger partial charge is 0.352 e. The summed E-state index contributed by atoms with van der Waals surface area (Å²) in [7, 11) is 0. The fourth-order valence-electron chi connectivity index (χ4n) is 2.91. The first kappa shape index (κ1) is 15.5. The van der Waals surface area contributed by atoms with Crippen LogP contribution >= 0.6 is 0 Å². The Labute approximate surface area is 112 Å². The van der Waals surface area contributed by atoms with Crippen molar-refractivity contribution in [3.8, 4) is 0 Å². The van der Waals surface area contributed by atoms with Crippen LogP contribution in [0, 0.1) is 11.8 Å². The van der Waals surface area contributed by atoms with Gasteiger partial charge in [0.2, 0.25) is 5.91 Å². The second-order valence-corrected chi connectivity index (χ2v) is 5.85. The fourth-order valence-corrected chi connectivity index (χ4v) is 2.91. The molecular weight excluding hydrogens is 224 g/mol. The SMILES string of the molecule is CCC(CC)NC(=O)CNCC1CCCC(C)C1. The molecule has 1 amide bonds. The van der Waals surface area contributed by atoms with Gasteiger partial charge < -0.3 is 10.6 Å². The highest BCUT2D eigenvalue weighted by Gasteiger charge is 2.18.